The number of rotatable bonds is 2. The van der Waals surface area contributed by atoms with E-state index in [4.69, 9.17) is 11.6 Å². The highest BCUT2D eigenvalue weighted by Gasteiger charge is 2.18. The maximum atomic E-state index is 12.3. The summed E-state index contributed by atoms with van der Waals surface area (Å²) in [6.45, 7) is 0. The molecule has 2 aromatic rings. The summed E-state index contributed by atoms with van der Waals surface area (Å²) in [6, 6.07) is 10.4. The van der Waals surface area contributed by atoms with Gasteiger partial charge in [-0.2, -0.15) is 0 Å². The number of fused-ring (bicyclic) bond motifs is 1. The summed E-state index contributed by atoms with van der Waals surface area (Å²) in [5, 5.41) is 5.92. The minimum atomic E-state index is -0.293. The highest BCUT2D eigenvalue weighted by atomic mass is 79.9. The highest BCUT2D eigenvalue weighted by Crippen LogP contribution is 2.27. The molecule has 0 bridgehead atoms. The molecule has 0 aliphatic carbocycles. The quantitative estimate of drug-likeness (QED) is 0.849. The standard InChI is InChI=1S/C15H10BrClN2O2/c16-9-1-3-12(17)11(7-9)15(21)18-10-2-4-13-8(5-10)6-14(20)19-13/h1-5,7H,6H2,(H,18,21)(H,19,20). The molecule has 3 rings (SSSR count). The molecule has 0 saturated carbocycles. The van der Waals surface area contributed by atoms with E-state index in [9.17, 15) is 9.59 Å². The fraction of sp³-hybridized carbons (Fsp3) is 0.0667. The van der Waals surface area contributed by atoms with Crippen LogP contribution in [0.5, 0.6) is 0 Å². The van der Waals surface area contributed by atoms with Gasteiger partial charge in [-0.25, -0.2) is 0 Å². The Kier molecular flexibility index (Phi) is 3.69. The summed E-state index contributed by atoms with van der Waals surface area (Å²) in [4.78, 5) is 23.6. The Labute approximate surface area is 134 Å². The van der Waals surface area contributed by atoms with Gasteiger partial charge in [-0.05, 0) is 42.0 Å². The summed E-state index contributed by atoms with van der Waals surface area (Å²) in [5.74, 6) is -0.331. The van der Waals surface area contributed by atoms with E-state index in [-0.39, 0.29) is 11.8 Å². The van der Waals surface area contributed by atoms with Crippen LogP contribution in [-0.4, -0.2) is 11.8 Å². The maximum absolute atomic E-state index is 12.3. The topological polar surface area (TPSA) is 58.2 Å². The number of carbonyl (C=O) groups is 2. The Hall–Kier alpha value is -1.85. The van der Waals surface area contributed by atoms with Crippen LogP contribution in [0.15, 0.2) is 40.9 Å². The minimum absolute atomic E-state index is 0.0384. The van der Waals surface area contributed by atoms with Gasteiger partial charge in [-0.15, -0.1) is 0 Å². The van der Waals surface area contributed by atoms with Gasteiger partial charge < -0.3 is 10.6 Å². The van der Waals surface area contributed by atoms with Crippen LogP contribution < -0.4 is 10.6 Å². The molecule has 6 heteroatoms. The number of anilines is 2. The molecule has 106 valence electrons. The molecule has 2 N–H and O–H groups in total. The van der Waals surface area contributed by atoms with Crippen molar-refractivity contribution in [2.24, 2.45) is 0 Å². The third kappa shape index (κ3) is 2.94. The number of amides is 2. The number of hydrogen-bond donors (Lipinski definition) is 2. The van der Waals surface area contributed by atoms with Crippen molar-refractivity contribution >= 4 is 50.7 Å². The fourth-order valence-electron chi connectivity index (χ4n) is 2.18. The number of halogens is 2. The van der Waals surface area contributed by atoms with Crippen LogP contribution in [-0.2, 0) is 11.2 Å². The van der Waals surface area contributed by atoms with Crippen molar-refractivity contribution in [2.75, 3.05) is 10.6 Å². The lowest BCUT2D eigenvalue weighted by molar-refractivity contribution is -0.115. The summed E-state index contributed by atoms with van der Waals surface area (Å²) >= 11 is 9.35. The summed E-state index contributed by atoms with van der Waals surface area (Å²) in [5.41, 5.74) is 2.68. The smallest absolute Gasteiger partial charge is 0.257 e. The van der Waals surface area contributed by atoms with E-state index in [0.29, 0.717) is 22.7 Å². The monoisotopic (exact) mass is 364 g/mol. The van der Waals surface area contributed by atoms with Gasteiger partial charge in [0.05, 0.1) is 17.0 Å². The van der Waals surface area contributed by atoms with Crippen molar-refractivity contribution in [3.63, 3.8) is 0 Å². The van der Waals surface area contributed by atoms with Crippen LogP contribution in [0.3, 0.4) is 0 Å². The lowest BCUT2D eigenvalue weighted by Crippen LogP contribution is -2.12. The predicted molar refractivity (Wildman–Crippen MR) is 85.9 cm³/mol. The molecule has 21 heavy (non-hydrogen) atoms. The van der Waals surface area contributed by atoms with Crippen LogP contribution >= 0.6 is 27.5 Å². The molecule has 0 unspecified atom stereocenters. The second-order valence-corrected chi connectivity index (χ2v) is 6.00. The molecule has 2 aromatic carbocycles. The van der Waals surface area contributed by atoms with Gasteiger partial charge in [0.15, 0.2) is 0 Å². The number of benzene rings is 2. The largest absolute Gasteiger partial charge is 0.326 e. The molecule has 0 atom stereocenters. The summed E-state index contributed by atoms with van der Waals surface area (Å²) in [6.07, 6.45) is 0.330. The van der Waals surface area contributed by atoms with Gasteiger partial charge in [0, 0.05) is 15.8 Å². The maximum Gasteiger partial charge on any atom is 0.257 e. The Bertz CT molecular complexity index is 761. The number of nitrogens with one attached hydrogen (secondary N) is 2. The average Bonchev–Trinajstić information content (AvgIpc) is 2.80. The number of carbonyl (C=O) groups excluding carboxylic acids is 2. The van der Waals surface area contributed by atoms with Gasteiger partial charge in [-0.3, -0.25) is 9.59 Å². The summed E-state index contributed by atoms with van der Waals surface area (Å²) < 4.78 is 0.779. The Morgan fingerprint density at radius 1 is 1.24 bits per heavy atom. The van der Waals surface area contributed by atoms with E-state index in [0.717, 1.165) is 15.7 Å². The third-order valence-electron chi connectivity index (χ3n) is 3.16. The van der Waals surface area contributed by atoms with Gasteiger partial charge in [0.1, 0.15) is 0 Å². The summed E-state index contributed by atoms with van der Waals surface area (Å²) in [7, 11) is 0. The SMILES string of the molecule is O=C1Cc2cc(NC(=O)c3cc(Br)ccc3Cl)ccc2N1. The van der Waals surface area contributed by atoms with Crippen molar-refractivity contribution < 1.29 is 9.59 Å². The molecule has 1 aliphatic rings. The van der Waals surface area contributed by atoms with Gasteiger partial charge in [0.2, 0.25) is 5.91 Å². The van der Waals surface area contributed by atoms with E-state index >= 15 is 0 Å². The van der Waals surface area contributed by atoms with Crippen molar-refractivity contribution in [2.45, 2.75) is 6.42 Å². The predicted octanol–water partition coefficient (Wildman–Crippen LogP) is 3.85. The molecule has 1 aliphatic heterocycles. The van der Waals surface area contributed by atoms with Crippen LogP contribution in [0.25, 0.3) is 0 Å². The normalized spacial score (nSPS) is 12.8. The molecule has 1 heterocycles. The Balaban J connectivity index is 1.84. The molecule has 0 fully saturated rings. The van der Waals surface area contributed by atoms with Crippen LogP contribution in [0.1, 0.15) is 15.9 Å². The molecular formula is C15H10BrClN2O2. The third-order valence-corrected chi connectivity index (χ3v) is 3.98. The fourth-order valence-corrected chi connectivity index (χ4v) is 2.74. The molecule has 0 saturated heterocycles. The zero-order valence-corrected chi connectivity index (χ0v) is 13.1. The zero-order valence-electron chi connectivity index (χ0n) is 10.7. The first kappa shape index (κ1) is 14.1. The van der Waals surface area contributed by atoms with Crippen molar-refractivity contribution in [1.29, 1.82) is 0 Å². The molecule has 0 radical (unpaired) electrons. The average molecular weight is 366 g/mol. The second-order valence-electron chi connectivity index (χ2n) is 4.68. The van der Waals surface area contributed by atoms with E-state index in [2.05, 4.69) is 26.6 Å². The zero-order chi connectivity index (χ0) is 15.0. The molecular weight excluding hydrogens is 356 g/mol. The molecule has 0 spiro atoms. The van der Waals surface area contributed by atoms with Crippen molar-refractivity contribution in [3.8, 4) is 0 Å². The Morgan fingerprint density at radius 3 is 2.86 bits per heavy atom. The van der Waals surface area contributed by atoms with E-state index < -0.39 is 0 Å². The van der Waals surface area contributed by atoms with Gasteiger partial charge in [-0.1, -0.05) is 27.5 Å². The first-order chi connectivity index (χ1) is 10.0. The second kappa shape index (κ2) is 5.50. The molecule has 0 aromatic heterocycles. The van der Waals surface area contributed by atoms with E-state index in [1.54, 1.807) is 36.4 Å². The van der Waals surface area contributed by atoms with Crippen LogP contribution in [0.4, 0.5) is 11.4 Å². The van der Waals surface area contributed by atoms with Gasteiger partial charge >= 0.3 is 0 Å². The minimum Gasteiger partial charge on any atom is -0.326 e. The lowest BCUT2D eigenvalue weighted by atomic mass is 10.1. The van der Waals surface area contributed by atoms with Crippen LogP contribution in [0, 0.1) is 0 Å². The van der Waals surface area contributed by atoms with E-state index in [1.165, 1.54) is 0 Å². The Morgan fingerprint density at radius 2 is 2.05 bits per heavy atom. The first-order valence-electron chi connectivity index (χ1n) is 6.22. The van der Waals surface area contributed by atoms with Crippen molar-refractivity contribution in [3.05, 3.63) is 57.0 Å². The van der Waals surface area contributed by atoms with E-state index in [1.807, 2.05) is 0 Å². The van der Waals surface area contributed by atoms with Gasteiger partial charge in [0.25, 0.3) is 5.91 Å². The number of hydrogen-bond acceptors (Lipinski definition) is 2. The highest BCUT2D eigenvalue weighted by molar-refractivity contribution is 9.10. The molecule has 4 nitrogen and oxygen atoms in total. The first-order valence-corrected chi connectivity index (χ1v) is 7.39. The molecule has 2 amide bonds. The van der Waals surface area contributed by atoms with Crippen LogP contribution in [0.2, 0.25) is 5.02 Å². The van der Waals surface area contributed by atoms with Crippen molar-refractivity contribution in [1.82, 2.24) is 0 Å². The lowest BCUT2D eigenvalue weighted by Gasteiger charge is -2.08.